The van der Waals surface area contributed by atoms with Crippen molar-refractivity contribution in [2.45, 2.75) is 25.6 Å². The Hall–Kier alpha value is -1.65. The predicted octanol–water partition coefficient (Wildman–Crippen LogP) is 1.46. The fourth-order valence-electron chi connectivity index (χ4n) is 2.68. The Bertz CT molecular complexity index is 521. The molecule has 4 heteroatoms. The standard InChI is InChI=1S/C15H20N4/c16-15-6-9-18(12-15)10-13-4-1-2-5-14(13)11-19-8-3-7-17-19/h1-5,7-8,15H,6,9-12,16H2/t15-/m1/s1. The Balaban J connectivity index is 1.73. The van der Waals surface area contributed by atoms with Crippen LogP contribution in [0.5, 0.6) is 0 Å². The number of nitrogens with two attached hydrogens (primary N) is 1. The lowest BCUT2D eigenvalue weighted by Crippen LogP contribution is -2.26. The minimum absolute atomic E-state index is 0.346. The second-order valence-electron chi connectivity index (χ2n) is 5.26. The SMILES string of the molecule is N[C@@H]1CCN(Cc2ccccc2Cn2cccn2)C1. The molecule has 1 aromatic carbocycles. The first-order chi connectivity index (χ1) is 9.31. The van der Waals surface area contributed by atoms with Gasteiger partial charge in [-0.25, -0.2) is 0 Å². The molecule has 1 fully saturated rings. The summed E-state index contributed by atoms with van der Waals surface area (Å²) in [7, 11) is 0. The topological polar surface area (TPSA) is 47.1 Å². The van der Waals surface area contributed by atoms with Crippen LogP contribution in [-0.4, -0.2) is 33.8 Å². The van der Waals surface area contributed by atoms with E-state index in [0.29, 0.717) is 6.04 Å². The van der Waals surface area contributed by atoms with E-state index in [4.69, 9.17) is 5.73 Å². The van der Waals surface area contributed by atoms with E-state index in [1.807, 2.05) is 23.1 Å². The van der Waals surface area contributed by atoms with Crippen molar-refractivity contribution in [3.8, 4) is 0 Å². The first kappa shape index (κ1) is 12.4. The Morgan fingerprint density at radius 3 is 2.58 bits per heavy atom. The number of hydrogen-bond acceptors (Lipinski definition) is 3. The molecule has 1 aliphatic heterocycles. The zero-order valence-electron chi connectivity index (χ0n) is 11.1. The summed E-state index contributed by atoms with van der Waals surface area (Å²) in [5, 5.41) is 4.28. The van der Waals surface area contributed by atoms with Crippen LogP contribution in [0.4, 0.5) is 0 Å². The number of benzene rings is 1. The van der Waals surface area contributed by atoms with E-state index in [-0.39, 0.29) is 0 Å². The van der Waals surface area contributed by atoms with Gasteiger partial charge < -0.3 is 5.73 Å². The normalized spacial score (nSPS) is 19.9. The highest BCUT2D eigenvalue weighted by molar-refractivity contribution is 5.27. The first-order valence-electron chi connectivity index (χ1n) is 6.83. The van der Waals surface area contributed by atoms with Gasteiger partial charge in [0, 0.05) is 38.1 Å². The third-order valence-corrected chi connectivity index (χ3v) is 3.71. The van der Waals surface area contributed by atoms with Crippen molar-refractivity contribution in [2.75, 3.05) is 13.1 Å². The Labute approximate surface area is 113 Å². The van der Waals surface area contributed by atoms with Gasteiger partial charge in [0.05, 0.1) is 6.54 Å². The fourth-order valence-corrected chi connectivity index (χ4v) is 2.68. The molecule has 0 radical (unpaired) electrons. The summed E-state index contributed by atoms with van der Waals surface area (Å²) < 4.78 is 1.97. The monoisotopic (exact) mass is 256 g/mol. The Kier molecular flexibility index (Phi) is 3.62. The van der Waals surface area contributed by atoms with Crippen molar-refractivity contribution in [1.29, 1.82) is 0 Å². The lowest BCUT2D eigenvalue weighted by Gasteiger charge is -2.18. The van der Waals surface area contributed by atoms with Crippen molar-refractivity contribution in [2.24, 2.45) is 5.73 Å². The fraction of sp³-hybridized carbons (Fsp3) is 0.400. The van der Waals surface area contributed by atoms with Crippen LogP contribution < -0.4 is 5.73 Å². The van der Waals surface area contributed by atoms with Crippen LogP contribution in [0.3, 0.4) is 0 Å². The summed E-state index contributed by atoms with van der Waals surface area (Å²) in [6.07, 6.45) is 4.94. The molecule has 1 atom stereocenters. The molecule has 0 saturated carbocycles. The number of rotatable bonds is 4. The zero-order valence-corrected chi connectivity index (χ0v) is 11.1. The van der Waals surface area contributed by atoms with E-state index in [9.17, 15) is 0 Å². The largest absolute Gasteiger partial charge is 0.326 e. The van der Waals surface area contributed by atoms with E-state index in [2.05, 4.69) is 34.3 Å². The average Bonchev–Trinajstić information content (AvgIpc) is 3.04. The second-order valence-corrected chi connectivity index (χ2v) is 5.26. The van der Waals surface area contributed by atoms with Gasteiger partial charge in [0.1, 0.15) is 0 Å². The number of nitrogens with zero attached hydrogens (tertiary/aromatic N) is 3. The van der Waals surface area contributed by atoms with Crippen molar-refractivity contribution in [3.05, 3.63) is 53.9 Å². The van der Waals surface area contributed by atoms with E-state index >= 15 is 0 Å². The lowest BCUT2D eigenvalue weighted by molar-refractivity contribution is 0.325. The molecule has 3 rings (SSSR count). The smallest absolute Gasteiger partial charge is 0.0662 e. The van der Waals surface area contributed by atoms with Crippen LogP contribution in [-0.2, 0) is 13.1 Å². The highest BCUT2D eigenvalue weighted by Gasteiger charge is 2.19. The van der Waals surface area contributed by atoms with Crippen molar-refractivity contribution >= 4 is 0 Å². The minimum atomic E-state index is 0.346. The third kappa shape index (κ3) is 3.03. The summed E-state index contributed by atoms with van der Waals surface area (Å²) in [5.74, 6) is 0. The van der Waals surface area contributed by atoms with Gasteiger partial charge >= 0.3 is 0 Å². The van der Waals surface area contributed by atoms with Gasteiger partial charge in [0.25, 0.3) is 0 Å². The van der Waals surface area contributed by atoms with E-state index in [1.54, 1.807) is 0 Å². The predicted molar refractivity (Wildman–Crippen MR) is 75.6 cm³/mol. The summed E-state index contributed by atoms with van der Waals surface area (Å²) >= 11 is 0. The third-order valence-electron chi connectivity index (χ3n) is 3.71. The van der Waals surface area contributed by atoms with Gasteiger partial charge in [-0.3, -0.25) is 9.58 Å². The molecule has 1 aliphatic rings. The van der Waals surface area contributed by atoms with E-state index in [1.165, 1.54) is 11.1 Å². The average molecular weight is 256 g/mol. The quantitative estimate of drug-likeness (QED) is 0.901. The number of likely N-dealkylation sites (tertiary alicyclic amines) is 1. The molecule has 1 aromatic heterocycles. The Morgan fingerprint density at radius 2 is 1.95 bits per heavy atom. The Morgan fingerprint density at radius 1 is 1.16 bits per heavy atom. The molecule has 0 bridgehead atoms. The van der Waals surface area contributed by atoms with Crippen LogP contribution in [0.15, 0.2) is 42.7 Å². The highest BCUT2D eigenvalue weighted by Crippen LogP contribution is 2.16. The van der Waals surface area contributed by atoms with Crippen LogP contribution >= 0.6 is 0 Å². The molecular formula is C15H20N4. The van der Waals surface area contributed by atoms with Crippen LogP contribution in [0.25, 0.3) is 0 Å². The first-order valence-corrected chi connectivity index (χ1v) is 6.83. The highest BCUT2D eigenvalue weighted by atomic mass is 15.3. The molecule has 1 saturated heterocycles. The summed E-state index contributed by atoms with van der Waals surface area (Å²) in [5.41, 5.74) is 8.69. The van der Waals surface area contributed by atoms with Crippen molar-refractivity contribution in [3.63, 3.8) is 0 Å². The van der Waals surface area contributed by atoms with Gasteiger partial charge in [0.15, 0.2) is 0 Å². The molecule has 4 nitrogen and oxygen atoms in total. The van der Waals surface area contributed by atoms with Crippen LogP contribution in [0.2, 0.25) is 0 Å². The number of hydrogen-bond donors (Lipinski definition) is 1. The van der Waals surface area contributed by atoms with Crippen molar-refractivity contribution < 1.29 is 0 Å². The molecule has 100 valence electrons. The molecule has 0 unspecified atom stereocenters. The van der Waals surface area contributed by atoms with Gasteiger partial charge in [-0.2, -0.15) is 5.10 Å². The van der Waals surface area contributed by atoms with Crippen LogP contribution in [0, 0.1) is 0 Å². The lowest BCUT2D eigenvalue weighted by atomic mass is 10.1. The van der Waals surface area contributed by atoms with Crippen LogP contribution in [0.1, 0.15) is 17.5 Å². The van der Waals surface area contributed by atoms with E-state index < -0.39 is 0 Å². The maximum atomic E-state index is 5.97. The van der Waals surface area contributed by atoms with Gasteiger partial charge in [-0.05, 0) is 23.6 Å². The molecule has 19 heavy (non-hydrogen) atoms. The molecular weight excluding hydrogens is 236 g/mol. The summed E-state index contributed by atoms with van der Waals surface area (Å²) in [4.78, 5) is 2.44. The molecule has 0 aliphatic carbocycles. The summed E-state index contributed by atoms with van der Waals surface area (Å²) in [6.45, 7) is 3.95. The molecule has 2 aromatic rings. The van der Waals surface area contributed by atoms with Crippen molar-refractivity contribution in [1.82, 2.24) is 14.7 Å². The minimum Gasteiger partial charge on any atom is -0.326 e. The molecule has 0 amide bonds. The maximum Gasteiger partial charge on any atom is 0.0662 e. The van der Waals surface area contributed by atoms with Gasteiger partial charge in [-0.1, -0.05) is 24.3 Å². The zero-order chi connectivity index (χ0) is 13.1. The number of aromatic nitrogens is 2. The second kappa shape index (κ2) is 5.55. The molecule has 2 heterocycles. The maximum absolute atomic E-state index is 5.97. The van der Waals surface area contributed by atoms with Gasteiger partial charge in [0.2, 0.25) is 0 Å². The van der Waals surface area contributed by atoms with E-state index in [0.717, 1.165) is 32.6 Å². The van der Waals surface area contributed by atoms with Gasteiger partial charge in [-0.15, -0.1) is 0 Å². The summed E-state index contributed by atoms with van der Waals surface area (Å²) in [6, 6.07) is 10.9. The molecule has 0 spiro atoms. The molecule has 2 N–H and O–H groups in total.